The molecule has 0 radical (unpaired) electrons. The summed E-state index contributed by atoms with van der Waals surface area (Å²) in [4.78, 5) is 12.3. The highest BCUT2D eigenvalue weighted by Crippen LogP contribution is 2.14. The third kappa shape index (κ3) is 5.03. The van der Waals surface area contributed by atoms with Gasteiger partial charge in [-0.25, -0.2) is 17.5 Å². The second kappa shape index (κ2) is 8.77. The predicted molar refractivity (Wildman–Crippen MR) is 104 cm³/mol. The number of rotatable bonds is 7. The van der Waals surface area contributed by atoms with Crippen LogP contribution in [0.2, 0.25) is 0 Å². The van der Waals surface area contributed by atoms with Gasteiger partial charge in [-0.3, -0.25) is 4.79 Å². The van der Waals surface area contributed by atoms with Gasteiger partial charge in [0.25, 0.3) is 5.91 Å². The SMILES string of the molecule is O=C(NCc1ccccc1)c1cccc(S(=O)(=O)NCc2ccccc2F)c1. The van der Waals surface area contributed by atoms with E-state index in [2.05, 4.69) is 10.0 Å². The van der Waals surface area contributed by atoms with Gasteiger partial charge in [0.05, 0.1) is 4.90 Å². The van der Waals surface area contributed by atoms with Crippen molar-refractivity contribution in [2.24, 2.45) is 0 Å². The lowest BCUT2D eigenvalue weighted by atomic mass is 10.2. The molecule has 3 aromatic rings. The van der Waals surface area contributed by atoms with E-state index in [1.807, 2.05) is 30.3 Å². The lowest BCUT2D eigenvalue weighted by molar-refractivity contribution is 0.0950. The van der Waals surface area contributed by atoms with Gasteiger partial charge in [-0.2, -0.15) is 0 Å². The van der Waals surface area contributed by atoms with Crippen LogP contribution in [-0.4, -0.2) is 14.3 Å². The van der Waals surface area contributed by atoms with Crippen LogP contribution in [0.25, 0.3) is 0 Å². The third-order valence-corrected chi connectivity index (χ3v) is 5.51. The molecule has 28 heavy (non-hydrogen) atoms. The molecule has 1 amide bonds. The lowest BCUT2D eigenvalue weighted by Gasteiger charge is -2.10. The van der Waals surface area contributed by atoms with E-state index in [4.69, 9.17) is 0 Å². The maximum atomic E-state index is 13.7. The highest BCUT2D eigenvalue weighted by molar-refractivity contribution is 7.89. The molecular formula is C21H19FN2O3S. The number of benzene rings is 3. The van der Waals surface area contributed by atoms with Crippen LogP contribution in [0.15, 0.2) is 83.8 Å². The lowest BCUT2D eigenvalue weighted by Crippen LogP contribution is -2.25. The molecule has 0 atom stereocenters. The van der Waals surface area contributed by atoms with E-state index in [0.717, 1.165) is 5.56 Å². The van der Waals surface area contributed by atoms with Crippen molar-refractivity contribution in [2.45, 2.75) is 18.0 Å². The molecule has 7 heteroatoms. The Morgan fingerprint density at radius 1 is 0.857 bits per heavy atom. The summed E-state index contributed by atoms with van der Waals surface area (Å²) in [7, 11) is -3.90. The molecule has 0 saturated carbocycles. The minimum Gasteiger partial charge on any atom is -0.348 e. The van der Waals surface area contributed by atoms with Crippen molar-refractivity contribution < 1.29 is 17.6 Å². The van der Waals surface area contributed by atoms with Crippen LogP contribution >= 0.6 is 0 Å². The van der Waals surface area contributed by atoms with Crippen molar-refractivity contribution in [3.05, 3.63) is 101 Å². The normalized spacial score (nSPS) is 11.2. The summed E-state index contributed by atoms with van der Waals surface area (Å²) in [6.07, 6.45) is 0. The minimum absolute atomic E-state index is 0.0591. The molecule has 2 N–H and O–H groups in total. The van der Waals surface area contributed by atoms with Crippen molar-refractivity contribution in [3.8, 4) is 0 Å². The van der Waals surface area contributed by atoms with E-state index in [9.17, 15) is 17.6 Å². The Labute approximate surface area is 163 Å². The number of halogens is 1. The Hall–Kier alpha value is -3.03. The minimum atomic E-state index is -3.90. The first kappa shape index (κ1) is 19.7. The van der Waals surface area contributed by atoms with Gasteiger partial charge in [0.2, 0.25) is 10.0 Å². The van der Waals surface area contributed by atoms with Crippen molar-refractivity contribution in [1.29, 1.82) is 0 Å². The Kier molecular flexibility index (Phi) is 6.18. The Morgan fingerprint density at radius 3 is 2.32 bits per heavy atom. The van der Waals surface area contributed by atoms with Crippen LogP contribution in [0.1, 0.15) is 21.5 Å². The van der Waals surface area contributed by atoms with Gasteiger partial charge in [-0.05, 0) is 29.8 Å². The van der Waals surface area contributed by atoms with Crippen molar-refractivity contribution in [3.63, 3.8) is 0 Å². The van der Waals surface area contributed by atoms with E-state index in [-0.39, 0.29) is 28.5 Å². The molecule has 3 rings (SSSR count). The van der Waals surface area contributed by atoms with Gasteiger partial charge in [-0.15, -0.1) is 0 Å². The number of nitrogens with one attached hydrogen (secondary N) is 2. The molecule has 0 heterocycles. The summed E-state index contributed by atoms with van der Waals surface area (Å²) in [6, 6.07) is 21.0. The maximum Gasteiger partial charge on any atom is 0.251 e. The predicted octanol–water partition coefficient (Wildman–Crippen LogP) is 3.23. The first-order valence-electron chi connectivity index (χ1n) is 8.61. The molecule has 0 spiro atoms. The quantitative estimate of drug-likeness (QED) is 0.642. The van der Waals surface area contributed by atoms with E-state index < -0.39 is 15.8 Å². The fourth-order valence-electron chi connectivity index (χ4n) is 2.58. The third-order valence-electron chi connectivity index (χ3n) is 4.11. The zero-order chi connectivity index (χ0) is 20.0. The van der Waals surface area contributed by atoms with Crippen LogP contribution in [0.3, 0.4) is 0 Å². The van der Waals surface area contributed by atoms with E-state index in [1.165, 1.54) is 42.5 Å². The fraction of sp³-hybridized carbons (Fsp3) is 0.0952. The van der Waals surface area contributed by atoms with E-state index in [0.29, 0.717) is 6.54 Å². The smallest absolute Gasteiger partial charge is 0.251 e. The zero-order valence-corrected chi connectivity index (χ0v) is 15.7. The van der Waals surface area contributed by atoms with Crippen molar-refractivity contribution in [1.82, 2.24) is 10.0 Å². The number of amides is 1. The second-order valence-electron chi connectivity index (χ2n) is 6.11. The molecule has 144 valence electrons. The van der Waals surface area contributed by atoms with Gasteiger partial charge in [0, 0.05) is 24.2 Å². The van der Waals surface area contributed by atoms with Crippen LogP contribution < -0.4 is 10.0 Å². The number of sulfonamides is 1. The first-order chi connectivity index (χ1) is 13.5. The van der Waals surface area contributed by atoms with Crippen LogP contribution in [-0.2, 0) is 23.1 Å². The molecule has 0 aliphatic rings. The molecule has 0 aromatic heterocycles. The zero-order valence-electron chi connectivity index (χ0n) is 14.9. The van der Waals surface area contributed by atoms with E-state index in [1.54, 1.807) is 6.07 Å². The number of hydrogen-bond acceptors (Lipinski definition) is 3. The van der Waals surface area contributed by atoms with Crippen molar-refractivity contribution >= 4 is 15.9 Å². The summed E-state index contributed by atoms with van der Waals surface area (Å²) >= 11 is 0. The van der Waals surface area contributed by atoms with Gasteiger partial charge >= 0.3 is 0 Å². The average Bonchev–Trinajstić information content (AvgIpc) is 2.72. The average molecular weight is 398 g/mol. The molecule has 0 aliphatic heterocycles. The second-order valence-corrected chi connectivity index (χ2v) is 7.88. The molecular weight excluding hydrogens is 379 g/mol. The van der Waals surface area contributed by atoms with Gasteiger partial charge < -0.3 is 5.32 Å². The summed E-state index contributed by atoms with van der Waals surface area (Å²) < 4.78 is 41.0. The fourth-order valence-corrected chi connectivity index (χ4v) is 3.63. The van der Waals surface area contributed by atoms with Crippen LogP contribution in [0, 0.1) is 5.82 Å². The summed E-state index contributed by atoms with van der Waals surface area (Å²) in [5.74, 6) is -0.866. The highest BCUT2D eigenvalue weighted by atomic mass is 32.2. The molecule has 0 saturated heterocycles. The summed E-state index contributed by atoms with van der Waals surface area (Å²) in [5, 5.41) is 2.76. The topological polar surface area (TPSA) is 75.3 Å². The Bertz CT molecular complexity index is 1070. The molecule has 0 aliphatic carbocycles. The molecule has 3 aromatic carbocycles. The van der Waals surface area contributed by atoms with Gasteiger partial charge in [-0.1, -0.05) is 54.6 Å². The monoisotopic (exact) mass is 398 g/mol. The Balaban J connectivity index is 1.69. The highest BCUT2D eigenvalue weighted by Gasteiger charge is 2.17. The number of carbonyl (C=O) groups is 1. The number of carbonyl (C=O) groups excluding carboxylic acids is 1. The molecule has 0 fully saturated rings. The van der Waals surface area contributed by atoms with Gasteiger partial charge in [0.15, 0.2) is 0 Å². The van der Waals surface area contributed by atoms with Crippen molar-refractivity contribution in [2.75, 3.05) is 0 Å². The molecule has 5 nitrogen and oxygen atoms in total. The Morgan fingerprint density at radius 2 is 1.57 bits per heavy atom. The molecule has 0 unspecified atom stereocenters. The van der Waals surface area contributed by atoms with Gasteiger partial charge in [0.1, 0.15) is 5.82 Å². The maximum absolute atomic E-state index is 13.7. The van der Waals surface area contributed by atoms with Crippen LogP contribution in [0.5, 0.6) is 0 Å². The number of hydrogen-bond donors (Lipinski definition) is 2. The largest absolute Gasteiger partial charge is 0.348 e. The first-order valence-corrected chi connectivity index (χ1v) is 10.1. The van der Waals surface area contributed by atoms with E-state index >= 15 is 0 Å². The standard InChI is InChI=1S/C21H19FN2O3S/c22-20-12-5-4-9-18(20)15-24-28(26,27)19-11-6-10-17(13-19)21(25)23-14-16-7-2-1-3-8-16/h1-13,24H,14-15H2,(H,23,25). The summed E-state index contributed by atoms with van der Waals surface area (Å²) in [5.41, 5.74) is 1.40. The van der Waals surface area contributed by atoms with Crippen LogP contribution in [0.4, 0.5) is 4.39 Å². The summed E-state index contributed by atoms with van der Waals surface area (Å²) in [6.45, 7) is 0.154. The molecule has 0 bridgehead atoms.